The molecule has 2 aromatic heterocycles. The Morgan fingerprint density at radius 2 is 1.60 bits per heavy atom. The zero-order chi connectivity index (χ0) is 24.4. The van der Waals surface area contributed by atoms with E-state index in [2.05, 4.69) is 71.0 Å². The van der Waals surface area contributed by atoms with E-state index in [4.69, 9.17) is 9.72 Å². The minimum Gasteiger partial charge on any atom is -0.497 e. The summed E-state index contributed by atoms with van der Waals surface area (Å²) in [5, 5.41) is 0. The number of amides is 1. The summed E-state index contributed by atoms with van der Waals surface area (Å²) in [7, 11) is 1.68. The molecular formula is C29H32N4O2. The Morgan fingerprint density at radius 3 is 2.31 bits per heavy atom. The van der Waals surface area contributed by atoms with E-state index in [1.165, 1.54) is 11.3 Å². The quantitative estimate of drug-likeness (QED) is 0.412. The molecule has 0 aliphatic carbocycles. The number of hydrogen-bond donors (Lipinski definition) is 0. The number of ether oxygens (including phenoxy) is 1. The Kier molecular flexibility index (Phi) is 6.55. The largest absolute Gasteiger partial charge is 0.497 e. The monoisotopic (exact) mass is 468 g/mol. The van der Waals surface area contributed by atoms with Gasteiger partial charge < -0.3 is 14.0 Å². The van der Waals surface area contributed by atoms with Crippen LogP contribution in [0.3, 0.4) is 0 Å². The van der Waals surface area contributed by atoms with E-state index in [-0.39, 0.29) is 5.91 Å². The van der Waals surface area contributed by atoms with Crippen LogP contribution in [0.1, 0.15) is 24.6 Å². The number of pyridine rings is 1. The number of aryl methyl sites for hydroxylation is 1. The van der Waals surface area contributed by atoms with Crippen molar-refractivity contribution < 1.29 is 9.53 Å². The summed E-state index contributed by atoms with van der Waals surface area (Å²) < 4.78 is 7.57. The second kappa shape index (κ2) is 9.92. The van der Waals surface area contributed by atoms with E-state index < -0.39 is 0 Å². The molecule has 0 saturated carbocycles. The first-order valence-electron chi connectivity index (χ1n) is 12.2. The molecule has 2 aromatic carbocycles. The van der Waals surface area contributed by atoms with Gasteiger partial charge in [0.1, 0.15) is 11.4 Å². The number of aromatic nitrogens is 2. The molecule has 5 rings (SSSR count). The molecule has 6 heteroatoms. The molecule has 0 atom stereocenters. The van der Waals surface area contributed by atoms with Crippen molar-refractivity contribution in [3.05, 3.63) is 78.1 Å². The molecule has 1 fully saturated rings. The summed E-state index contributed by atoms with van der Waals surface area (Å²) in [6.07, 6.45) is 3.17. The molecular weight excluding hydrogens is 436 g/mol. The van der Waals surface area contributed by atoms with E-state index >= 15 is 0 Å². The van der Waals surface area contributed by atoms with E-state index in [9.17, 15) is 4.79 Å². The number of imidazole rings is 1. The summed E-state index contributed by atoms with van der Waals surface area (Å²) in [5.41, 5.74) is 7.76. The van der Waals surface area contributed by atoms with Gasteiger partial charge in [0, 0.05) is 51.4 Å². The molecule has 0 unspecified atom stereocenters. The molecule has 0 radical (unpaired) electrons. The first kappa shape index (κ1) is 23.1. The van der Waals surface area contributed by atoms with E-state index in [0.717, 1.165) is 72.9 Å². The maximum absolute atomic E-state index is 11.9. The van der Waals surface area contributed by atoms with Crippen LogP contribution in [0.5, 0.6) is 5.75 Å². The highest BCUT2D eigenvalue weighted by molar-refractivity contribution is 5.73. The van der Waals surface area contributed by atoms with Crippen LogP contribution >= 0.6 is 0 Å². The number of carbonyl (C=O) groups excluding carboxylic acids is 1. The summed E-state index contributed by atoms with van der Waals surface area (Å²) in [5.74, 6) is 1.01. The SMILES string of the molecule is COc1ccc(-c2ccc3nc(-c4ccc(C)cc4)c(CN4CCCN(C(C)=O)CC4)n3c2)cc1. The highest BCUT2D eigenvalue weighted by Gasteiger charge is 2.21. The highest BCUT2D eigenvalue weighted by atomic mass is 16.5. The van der Waals surface area contributed by atoms with Crippen molar-refractivity contribution >= 4 is 11.6 Å². The molecule has 4 aromatic rings. The predicted octanol–water partition coefficient (Wildman–Crippen LogP) is 5.04. The number of hydrogen-bond acceptors (Lipinski definition) is 4. The Morgan fingerprint density at radius 1 is 0.886 bits per heavy atom. The van der Waals surface area contributed by atoms with Crippen molar-refractivity contribution in [2.75, 3.05) is 33.3 Å². The lowest BCUT2D eigenvalue weighted by molar-refractivity contribution is -0.128. The molecule has 1 aliphatic heterocycles. The third-order valence-electron chi connectivity index (χ3n) is 6.87. The van der Waals surface area contributed by atoms with Crippen LogP contribution in [0.25, 0.3) is 28.0 Å². The van der Waals surface area contributed by atoms with Gasteiger partial charge in [-0.3, -0.25) is 9.69 Å². The summed E-state index contributed by atoms with van der Waals surface area (Å²) >= 11 is 0. The van der Waals surface area contributed by atoms with Crippen molar-refractivity contribution in [2.45, 2.75) is 26.8 Å². The van der Waals surface area contributed by atoms with Gasteiger partial charge in [-0.05, 0) is 48.7 Å². The minimum absolute atomic E-state index is 0.158. The zero-order valence-electron chi connectivity index (χ0n) is 20.7. The molecule has 3 heterocycles. The van der Waals surface area contributed by atoms with Gasteiger partial charge in [-0.2, -0.15) is 0 Å². The Balaban J connectivity index is 1.55. The van der Waals surface area contributed by atoms with Crippen LogP contribution in [0.2, 0.25) is 0 Å². The number of nitrogens with zero attached hydrogens (tertiary/aromatic N) is 4. The van der Waals surface area contributed by atoms with E-state index in [1.54, 1.807) is 14.0 Å². The van der Waals surface area contributed by atoms with Crippen LogP contribution in [0.15, 0.2) is 66.9 Å². The second-order valence-electron chi connectivity index (χ2n) is 9.28. The average molecular weight is 469 g/mol. The lowest BCUT2D eigenvalue weighted by Crippen LogP contribution is -2.33. The lowest BCUT2D eigenvalue weighted by atomic mass is 10.1. The Hall–Kier alpha value is -3.64. The maximum atomic E-state index is 11.9. The normalized spacial score (nSPS) is 14.8. The summed E-state index contributed by atoms with van der Waals surface area (Å²) in [6, 6.07) is 21.0. The van der Waals surface area contributed by atoms with Gasteiger partial charge in [-0.15, -0.1) is 0 Å². The van der Waals surface area contributed by atoms with Crippen molar-refractivity contribution in [1.82, 2.24) is 19.2 Å². The van der Waals surface area contributed by atoms with Gasteiger partial charge in [0.05, 0.1) is 18.5 Å². The van der Waals surface area contributed by atoms with Crippen LogP contribution in [0.4, 0.5) is 0 Å². The molecule has 0 N–H and O–H groups in total. The fourth-order valence-electron chi connectivity index (χ4n) is 4.80. The fraction of sp³-hybridized carbons (Fsp3) is 0.310. The smallest absolute Gasteiger partial charge is 0.219 e. The average Bonchev–Trinajstić information content (AvgIpc) is 3.05. The third kappa shape index (κ3) is 4.93. The van der Waals surface area contributed by atoms with Gasteiger partial charge in [0.25, 0.3) is 0 Å². The topological polar surface area (TPSA) is 50.1 Å². The van der Waals surface area contributed by atoms with Crippen LogP contribution < -0.4 is 4.74 Å². The zero-order valence-corrected chi connectivity index (χ0v) is 20.7. The minimum atomic E-state index is 0.158. The summed E-state index contributed by atoms with van der Waals surface area (Å²) in [6.45, 7) is 7.96. The lowest BCUT2D eigenvalue weighted by Gasteiger charge is -2.21. The number of fused-ring (bicyclic) bond motifs is 1. The van der Waals surface area contributed by atoms with Gasteiger partial charge in [0.2, 0.25) is 5.91 Å². The van der Waals surface area contributed by atoms with Crippen LogP contribution in [-0.4, -0.2) is 58.4 Å². The molecule has 6 nitrogen and oxygen atoms in total. The Labute approximate surface area is 206 Å². The van der Waals surface area contributed by atoms with E-state index in [1.807, 2.05) is 17.0 Å². The van der Waals surface area contributed by atoms with Gasteiger partial charge in [0.15, 0.2) is 0 Å². The highest BCUT2D eigenvalue weighted by Crippen LogP contribution is 2.29. The molecule has 0 spiro atoms. The fourth-order valence-corrected chi connectivity index (χ4v) is 4.80. The molecule has 180 valence electrons. The maximum Gasteiger partial charge on any atom is 0.219 e. The first-order chi connectivity index (χ1) is 17.0. The van der Waals surface area contributed by atoms with Crippen molar-refractivity contribution in [1.29, 1.82) is 0 Å². The molecule has 1 saturated heterocycles. The van der Waals surface area contributed by atoms with Crippen molar-refractivity contribution in [3.63, 3.8) is 0 Å². The molecule has 35 heavy (non-hydrogen) atoms. The van der Waals surface area contributed by atoms with Gasteiger partial charge in [-0.1, -0.05) is 42.0 Å². The molecule has 1 amide bonds. The molecule has 1 aliphatic rings. The van der Waals surface area contributed by atoms with Gasteiger partial charge in [-0.25, -0.2) is 4.98 Å². The van der Waals surface area contributed by atoms with Crippen LogP contribution in [0, 0.1) is 6.92 Å². The first-order valence-corrected chi connectivity index (χ1v) is 12.2. The second-order valence-corrected chi connectivity index (χ2v) is 9.28. The Bertz CT molecular complexity index is 1330. The standard InChI is InChI=1S/C29H32N4O2/c1-21-5-7-24(8-6-21)29-27(20-31-15-4-16-32(18-17-31)22(2)34)33-19-25(11-14-28(33)30-29)23-9-12-26(35-3)13-10-23/h5-14,19H,4,15-18,20H2,1-3H3. The van der Waals surface area contributed by atoms with Gasteiger partial charge >= 0.3 is 0 Å². The third-order valence-corrected chi connectivity index (χ3v) is 6.87. The summed E-state index contributed by atoms with van der Waals surface area (Å²) in [4.78, 5) is 21.4. The van der Waals surface area contributed by atoms with E-state index in [0.29, 0.717) is 0 Å². The number of methoxy groups -OCH3 is 1. The van der Waals surface area contributed by atoms with Crippen LogP contribution in [-0.2, 0) is 11.3 Å². The van der Waals surface area contributed by atoms with Crippen molar-refractivity contribution in [2.24, 2.45) is 0 Å². The number of rotatable bonds is 5. The number of benzene rings is 2. The number of carbonyl (C=O) groups is 1. The molecule has 0 bridgehead atoms. The van der Waals surface area contributed by atoms with Crippen molar-refractivity contribution in [3.8, 4) is 28.1 Å². The predicted molar refractivity (Wildman–Crippen MR) is 140 cm³/mol.